The van der Waals surface area contributed by atoms with Gasteiger partial charge in [-0.25, -0.2) is 13.2 Å². The molecule has 0 aliphatic heterocycles. The molecular weight excluding hydrogens is 480 g/mol. The molecule has 0 aliphatic rings. The fraction of sp³-hybridized carbons (Fsp3) is 0.296. The molecule has 0 saturated carbocycles. The molecule has 0 unspecified atom stereocenters. The predicted molar refractivity (Wildman–Crippen MR) is 139 cm³/mol. The molecule has 0 bridgehead atoms. The Bertz CT molecular complexity index is 1580. The van der Waals surface area contributed by atoms with Crippen LogP contribution in [-0.4, -0.2) is 31.3 Å². The zero-order chi connectivity index (χ0) is 26.0. The van der Waals surface area contributed by atoms with Gasteiger partial charge in [0.15, 0.2) is 9.84 Å². The lowest BCUT2D eigenvalue weighted by Crippen LogP contribution is -2.19. The van der Waals surface area contributed by atoms with Gasteiger partial charge in [-0.1, -0.05) is 13.0 Å². The van der Waals surface area contributed by atoms with Gasteiger partial charge in [-0.05, 0) is 55.3 Å². The van der Waals surface area contributed by atoms with Crippen molar-refractivity contribution in [1.82, 2.24) is 9.13 Å². The third-order valence-electron chi connectivity index (χ3n) is 6.03. The van der Waals surface area contributed by atoms with E-state index in [1.54, 1.807) is 64.5 Å². The van der Waals surface area contributed by atoms with E-state index in [1.807, 2.05) is 19.1 Å². The molecule has 190 valence electrons. The van der Waals surface area contributed by atoms with E-state index in [0.717, 1.165) is 12.0 Å². The Morgan fingerprint density at radius 3 is 2.25 bits per heavy atom. The Hall–Kier alpha value is -3.72. The molecule has 36 heavy (non-hydrogen) atoms. The number of fused-ring (bicyclic) bond motifs is 1. The fourth-order valence-electron chi connectivity index (χ4n) is 4.08. The minimum Gasteiger partial charge on any atom is -0.496 e. The van der Waals surface area contributed by atoms with E-state index in [0.29, 0.717) is 46.2 Å². The van der Waals surface area contributed by atoms with E-state index in [2.05, 4.69) is 0 Å². The normalized spacial score (nSPS) is 11.6. The molecule has 0 amide bonds. The van der Waals surface area contributed by atoms with Crippen LogP contribution in [0.4, 0.5) is 0 Å². The van der Waals surface area contributed by atoms with E-state index >= 15 is 0 Å². The van der Waals surface area contributed by atoms with Gasteiger partial charge in [0.2, 0.25) is 0 Å². The molecule has 1 heterocycles. The molecule has 4 rings (SSSR count). The van der Waals surface area contributed by atoms with Gasteiger partial charge in [0.1, 0.15) is 23.0 Å². The zero-order valence-electron chi connectivity index (χ0n) is 21.1. The van der Waals surface area contributed by atoms with Crippen LogP contribution in [0.15, 0.2) is 64.3 Å². The van der Waals surface area contributed by atoms with Crippen LogP contribution in [0, 0.1) is 6.92 Å². The first-order valence-electron chi connectivity index (χ1n) is 11.6. The highest BCUT2D eigenvalue weighted by atomic mass is 32.2. The summed E-state index contributed by atoms with van der Waals surface area (Å²) in [5.41, 5.74) is 2.21. The molecular formula is C27H30N2O6S. The monoisotopic (exact) mass is 510 g/mol. The topological polar surface area (TPSA) is 88.8 Å². The number of aryl methyl sites for hydroxylation is 3. The van der Waals surface area contributed by atoms with Crippen LogP contribution < -0.4 is 19.9 Å². The summed E-state index contributed by atoms with van der Waals surface area (Å²) in [6.07, 6.45) is 0.872. The lowest BCUT2D eigenvalue weighted by atomic mass is 10.2. The molecule has 0 spiro atoms. The van der Waals surface area contributed by atoms with E-state index in [9.17, 15) is 13.2 Å². The van der Waals surface area contributed by atoms with Crippen LogP contribution >= 0.6 is 0 Å². The van der Waals surface area contributed by atoms with E-state index in [1.165, 1.54) is 15.2 Å². The maximum absolute atomic E-state index is 13.4. The van der Waals surface area contributed by atoms with E-state index in [4.69, 9.17) is 14.2 Å². The summed E-state index contributed by atoms with van der Waals surface area (Å²) < 4.78 is 47.0. The molecule has 0 fully saturated rings. The molecule has 0 saturated heterocycles. The van der Waals surface area contributed by atoms with Gasteiger partial charge in [-0.15, -0.1) is 0 Å². The number of rotatable bonds is 9. The molecule has 0 atom stereocenters. The Morgan fingerprint density at radius 1 is 0.889 bits per heavy atom. The van der Waals surface area contributed by atoms with Crippen molar-refractivity contribution in [2.24, 2.45) is 14.1 Å². The lowest BCUT2D eigenvalue weighted by molar-refractivity contribution is 0.316. The van der Waals surface area contributed by atoms with Gasteiger partial charge in [-0.3, -0.25) is 9.13 Å². The number of hydrogen-bond acceptors (Lipinski definition) is 6. The number of aromatic nitrogens is 2. The van der Waals surface area contributed by atoms with Crippen molar-refractivity contribution in [2.45, 2.75) is 30.9 Å². The van der Waals surface area contributed by atoms with Crippen LogP contribution in [0.2, 0.25) is 0 Å². The second-order valence-corrected chi connectivity index (χ2v) is 10.7. The summed E-state index contributed by atoms with van der Waals surface area (Å²) in [6.45, 7) is 4.40. The van der Waals surface area contributed by atoms with Crippen molar-refractivity contribution in [3.63, 3.8) is 0 Å². The van der Waals surface area contributed by atoms with Crippen molar-refractivity contribution in [3.05, 3.63) is 76.2 Å². The highest BCUT2D eigenvalue weighted by Gasteiger charge is 2.22. The zero-order valence-corrected chi connectivity index (χ0v) is 21.9. The Morgan fingerprint density at radius 2 is 1.58 bits per heavy atom. The van der Waals surface area contributed by atoms with Crippen molar-refractivity contribution < 1.29 is 22.6 Å². The summed E-state index contributed by atoms with van der Waals surface area (Å²) >= 11 is 0. The summed E-state index contributed by atoms with van der Waals surface area (Å²) in [5.74, 6) is 1.82. The molecule has 1 aromatic heterocycles. The molecule has 4 aromatic rings. The van der Waals surface area contributed by atoms with Gasteiger partial charge in [0, 0.05) is 31.8 Å². The van der Waals surface area contributed by atoms with Crippen molar-refractivity contribution in [1.29, 1.82) is 0 Å². The number of sulfone groups is 1. The van der Waals surface area contributed by atoms with Gasteiger partial charge in [-0.2, -0.15) is 0 Å². The maximum atomic E-state index is 13.4. The van der Waals surface area contributed by atoms with Crippen LogP contribution in [0.1, 0.15) is 24.5 Å². The molecule has 9 heteroatoms. The Kier molecular flexibility index (Phi) is 7.12. The number of nitrogens with zero attached hydrogens (tertiary/aromatic N) is 2. The smallest absolute Gasteiger partial charge is 0.328 e. The van der Waals surface area contributed by atoms with Crippen LogP contribution in [0.3, 0.4) is 0 Å². The van der Waals surface area contributed by atoms with Crippen molar-refractivity contribution in [2.75, 3.05) is 13.7 Å². The summed E-state index contributed by atoms with van der Waals surface area (Å²) in [4.78, 5) is 12.7. The second-order valence-electron chi connectivity index (χ2n) is 8.67. The molecule has 3 aromatic carbocycles. The van der Waals surface area contributed by atoms with Gasteiger partial charge in [0.25, 0.3) is 0 Å². The Balaban J connectivity index is 1.79. The number of hydrogen-bond donors (Lipinski definition) is 0. The molecule has 0 radical (unpaired) electrons. The predicted octanol–water partition coefficient (Wildman–Crippen LogP) is 4.75. The molecule has 8 nitrogen and oxygen atoms in total. The first kappa shape index (κ1) is 25.4. The summed E-state index contributed by atoms with van der Waals surface area (Å²) in [7, 11) is 1.14. The lowest BCUT2D eigenvalue weighted by Gasteiger charge is -2.14. The standard InChI is InChI=1S/C27H30N2O6S/c1-6-12-34-20-8-7-9-21(15-20)35-26-16-24-23(28(3)27(30)29(24)4)14-19(26)17-36(31,32)22-10-11-25(33-5)18(2)13-22/h7-11,13-16H,6,12,17H2,1-5H3. The van der Waals surface area contributed by atoms with Gasteiger partial charge < -0.3 is 14.2 Å². The van der Waals surface area contributed by atoms with Crippen LogP contribution in [0.5, 0.6) is 23.0 Å². The van der Waals surface area contributed by atoms with E-state index < -0.39 is 9.84 Å². The average Bonchev–Trinajstić information content (AvgIpc) is 3.06. The second kappa shape index (κ2) is 10.1. The first-order valence-corrected chi connectivity index (χ1v) is 13.3. The minimum absolute atomic E-state index is 0.184. The Labute approximate surface area is 210 Å². The van der Waals surface area contributed by atoms with E-state index in [-0.39, 0.29) is 16.3 Å². The highest BCUT2D eigenvalue weighted by Crippen LogP contribution is 2.34. The number of benzene rings is 3. The first-order chi connectivity index (χ1) is 17.1. The summed E-state index contributed by atoms with van der Waals surface area (Å²) in [6, 6.07) is 15.4. The minimum atomic E-state index is -3.74. The van der Waals surface area contributed by atoms with Crippen LogP contribution in [0.25, 0.3) is 11.0 Å². The van der Waals surface area contributed by atoms with Crippen LogP contribution in [-0.2, 0) is 29.7 Å². The third-order valence-corrected chi connectivity index (χ3v) is 7.69. The average molecular weight is 511 g/mol. The maximum Gasteiger partial charge on any atom is 0.328 e. The van der Waals surface area contributed by atoms with Crippen molar-refractivity contribution >= 4 is 20.9 Å². The van der Waals surface area contributed by atoms with Gasteiger partial charge >= 0.3 is 5.69 Å². The van der Waals surface area contributed by atoms with Gasteiger partial charge in [0.05, 0.1) is 35.4 Å². The number of imidazole rings is 1. The molecule has 0 aliphatic carbocycles. The fourth-order valence-corrected chi connectivity index (χ4v) is 5.52. The molecule has 0 N–H and O–H groups in total. The quantitative estimate of drug-likeness (QED) is 0.323. The highest BCUT2D eigenvalue weighted by molar-refractivity contribution is 7.90. The number of methoxy groups -OCH3 is 1. The van der Waals surface area contributed by atoms with Crippen molar-refractivity contribution in [3.8, 4) is 23.0 Å². The summed E-state index contributed by atoms with van der Waals surface area (Å²) in [5, 5.41) is 0. The SMILES string of the molecule is CCCOc1cccc(Oc2cc3c(cc2CS(=O)(=O)c2ccc(OC)c(C)c2)n(C)c(=O)n3C)c1. The number of ether oxygens (including phenoxy) is 3. The third kappa shape index (κ3) is 4.97. The largest absolute Gasteiger partial charge is 0.496 e.